The van der Waals surface area contributed by atoms with Crippen LogP contribution in [0.25, 0.3) is 0 Å². The minimum absolute atomic E-state index is 0.0911. The molecule has 1 amide bonds. The van der Waals surface area contributed by atoms with Gasteiger partial charge in [0.15, 0.2) is 0 Å². The molecule has 3 aliphatic heterocycles. The highest BCUT2D eigenvalue weighted by atomic mass is 19.1. The van der Waals surface area contributed by atoms with Gasteiger partial charge in [0.2, 0.25) is 0 Å². The molecule has 0 N–H and O–H groups in total. The van der Waals surface area contributed by atoms with Gasteiger partial charge in [-0.2, -0.15) is 0 Å². The smallest absolute Gasteiger partial charge is 0.256 e. The molecule has 7 nitrogen and oxygen atoms in total. The Kier molecular flexibility index (Phi) is 4.64. The molecule has 3 fully saturated rings. The molecule has 154 valence electrons. The molecule has 1 aromatic carbocycles. The summed E-state index contributed by atoms with van der Waals surface area (Å²) in [6.45, 7) is 6.03. The zero-order valence-electron chi connectivity index (χ0n) is 16.6. The van der Waals surface area contributed by atoms with E-state index in [1.54, 1.807) is 18.2 Å². The van der Waals surface area contributed by atoms with E-state index in [9.17, 15) is 9.18 Å². The van der Waals surface area contributed by atoms with Gasteiger partial charge in [-0.1, -0.05) is 12.1 Å². The fourth-order valence-electron chi connectivity index (χ4n) is 5.10. The van der Waals surface area contributed by atoms with E-state index in [-0.39, 0.29) is 23.1 Å². The number of carbonyl (C=O) groups is 1. The van der Waals surface area contributed by atoms with Crippen molar-refractivity contribution in [3.63, 3.8) is 0 Å². The lowest BCUT2D eigenvalue weighted by molar-refractivity contribution is -0.160. The molecule has 3 saturated heterocycles. The summed E-state index contributed by atoms with van der Waals surface area (Å²) in [7, 11) is 2.01. The molecule has 0 radical (unpaired) electrons. The lowest BCUT2D eigenvalue weighted by Crippen LogP contribution is -2.80. The summed E-state index contributed by atoms with van der Waals surface area (Å²) < 4.78 is 22.0. The fourth-order valence-corrected chi connectivity index (χ4v) is 5.10. The van der Waals surface area contributed by atoms with Crippen molar-refractivity contribution in [1.82, 2.24) is 24.3 Å². The van der Waals surface area contributed by atoms with Gasteiger partial charge in [0.1, 0.15) is 5.82 Å². The van der Waals surface area contributed by atoms with Gasteiger partial charge in [0.25, 0.3) is 5.91 Å². The number of fused-ring (bicyclic) bond motifs is 2. The molecule has 1 spiro atoms. The average molecular weight is 399 g/mol. The van der Waals surface area contributed by atoms with Gasteiger partial charge in [0.05, 0.1) is 42.4 Å². The van der Waals surface area contributed by atoms with E-state index < -0.39 is 5.82 Å². The molecular formula is C21H26FN5O2. The third kappa shape index (κ3) is 3.25. The van der Waals surface area contributed by atoms with Crippen molar-refractivity contribution in [3.8, 4) is 0 Å². The van der Waals surface area contributed by atoms with Crippen molar-refractivity contribution in [2.75, 3.05) is 45.9 Å². The maximum atomic E-state index is 14.2. The van der Waals surface area contributed by atoms with E-state index in [2.05, 4.69) is 14.8 Å². The first kappa shape index (κ1) is 18.7. The number of aromatic nitrogens is 2. The Bertz CT molecular complexity index is 910. The zero-order valence-corrected chi connectivity index (χ0v) is 16.6. The molecule has 1 atom stereocenters. The highest BCUT2D eigenvalue weighted by Crippen LogP contribution is 2.36. The molecule has 0 saturated carbocycles. The summed E-state index contributed by atoms with van der Waals surface area (Å²) in [6.07, 6.45) is 3.72. The van der Waals surface area contributed by atoms with E-state index in [1.807, 2.05) is 29.0 Å². The van der Waals surface area contributed by atoms with Gasteiger partial charge >= 0.3 is 0 Å². The second-order valence-corrected chi connectivity index (χ2v) is 8.45. The normalized spacial score (nSPS) is 24.3. The number of morpholine rings is 1. The van der Waals surface area contributed by atoms with Crippen LogP contribution in [0.4, 0.5) is 4.39 Å². The molecule has 3 aliphatic rings. The van der Waals surface area contributed by atoms with Gasteiger partial charge in [-0.3, -0.25) is 14.6 Å². The number of hydrogen-bond acceptors (Lipinski definition) is 5. The van der Waals surface area contributed by atoms with Gasteiger partial charge < -0.3 is 14.2 Å². The quantitative estimate of drug-likeness (QED) is 0.770. The van der Waals surface area contributed by atoms with Crippen LogP contribution in [0.5, 0.6) is 0 Å². The average Bonchev–Trinajstić information content (AvgIpc) is 3.11. The minimum Gasteiger partial charge on any atom is -0.378 e. The lowest BCUT2D eigenvalue weighted by Gasteiger charge is -2.63. The Hall–Kier alpha value is -2.29. The van der Waals surface area contributed by atoms with Crippen LogP contribution in [-0.4, -0.2) is 87.7 Å². The Morgan fingerprint density at radius 2 is 2.14 bits per heavy atom. The van der Waals surface area contributed by atoms with Crippen LogP contribution in [0.1, 0.15) is 16.1 Å². The second kappa shape index (κ2) is 7.19. The number of nitrogens with zero attached hydrogens (tertiary/aromatic N) is 5. The maximum Gasteiger partial charge on any atom is 0.256 e. The van der Waals surface area contributed by atoms with Crippen LogP contribution in [0.2, 0.25) is 0 Å². The molecule has 29 heavy (non-hydrogen) atoms. The molecule has 1 aromatic heterocycles. The summed E-state index contributed by atoms with van der Waals surface area (Å²) >= 11 is 0. The number of benzene rings is 1. The summed E-state index contributed by atoms with van der Waals surface area (Å²) in [4.78, 5) is 24.1. The van der Waals surface area contributed by atoms with Gasteiger partial charge in [0, 0.05) is 52.5 Å². The van der Waals surface area contributed by atoms with E-state index in [4.69, 9.17) is 4.74 Å². The number of aryl methyl sites for hydroxylation is 1. The van der Waals surface area contributed by atoms with E-state index in [1.165, 1.54) is 11.8 Å². The first-order valence-electron chi connectivity index (χ1n) is 10.1. The van der Waals surface area contributed by atoms with E-state index in [0.29, 0.717) is 19.7 Å². The van der Waals surface area contributed by atoms with Crippen LogP contribution in [0.3, 0.4) is 0 Å². The molecule has 2 aromatic rings. The maximum absolute atomic E-state index is 14.2. The predicted molar refractivity (Wildman–Crippen MR) is 105 cm³/mol. The molecule has 5 rings (SSSR count). The molecule has 0 aliphatic carbocycles. The highest BCUT2D eigenvalue weighted by Gasteiger charge is 2.54. The number of hydrogen-bond donors (Lipinski definition) is 0. The Morgan fingerprint density at radius 1 is 1.31 bits per heavy atom. The second-order valence-electron chi connectivity index (χ2n) is 8.45. The van der Waals surface area contributed by atoms with Crippen molar-refractivity contribution in [1.29, 1.82) is 0 Å². The third-order valence-corrected chi connectivity index (χ3v) is 6.48. The molecule has 4 heterocycles. The first-order chi connectivity index (χ1) is 14.1. The number of carbonyl (C=O) groups excluding carboxylic acids is 1. The van der Waals surface area contributed by atoms with Crippen LogP contribution < -0.4 is 0 Å². The van der Waals surface area contributed by atoms with Crippen LogP contribution in [-0.2, 0) is 18.3 Å². The van der Waals surface area contributed by atoms with Crippen molar-refractivity contribution in [2.45, 2.75) is 18.1 Å². The number of amides is 1. The molecule has 0 bridgehead atoms. The SMILES string of the molecule is Cn1cncc1CN1CC2(C1)CN(C(=O)c1ccccc1F)CC1COCCN12. The fraction of sp³-hybridized carbons (Fsp3) is 0.524. The summed E-state index contributed by atoms with van der Waals surface area (Å²) in [5.74, 6) is -0.682. The summed E-state index contributed by atoms with van der Waals surface area (Å²) in [6, 6.07) is 6.41. The van der Waals surface area contributed by atoms with E-state index in [0.717, 1.165) is 32.8 Å². The number of imidazole rings is 1. The Labute approximate surface area is 169 Å². The number of ether oxygens (including phenoxy) is 1. The van der Waals surface area contributed by atoms with Gasteiger partial charge in [-0.25, -0.2) is 9.37 Å². The molecule has 8 heteroatoms. The van der Waals surface area contributed by atoms with Crippen molar-refractivity contribution >= 4 is 5.91 Å². The standard InChI is InChI=1S/C21H26FN5O2/c1-24-15-23-8-16(24)9-25-12-21(13-25)14-26(10-17-11-29-7-6-27(17)21)20(28)18-4-2-3-5-19(18)22/h2-5,8,15,17H,6-7,9-14H2,1H3. The van der Waals surface area contributed by atoms with Crippen molar-refractivity contribution in [3.05, 3.63) is 53.9 Å². The molecular weight excluding hydrogens is 373 g/mol. The van der Waals surface area contributed by atoms with Crippen LogP contribution >= 0.6 is 0 Å². The predicted octanol–water partition coefficient (Wildman–Crippen LogP) is 0.970. The Balaban J connectivity index is 1.35. The minimum atomic E-state index is -0.458. The van der Waals surface area contributed by atoms with Crippen LogP contribution in [0.15, 0.2) is 36.8 Å². The van der Waals surface area contributed by atoms with Crippen molar-refractivity contribution in [2.24, 2.45) is 7.05 Å². The molecule has 1 unspecified atom stereocenters. The zero-order chi connectivity index (χ0) is 20.0. The topological polar surface area (TPSA) is 53.8 Å². The summed E-state index contributed by atoms with van der Waals surface area (Å²) in [5.41, 5.74) is 1.24. The van der Waals surface area contributed by atoms with Crippen LogP contribution in [0, 0.1) is 5.82 Å². The highest BCUT2D eigenvalue weighted by molar-refractivity contribution is 5.94. The van der Waals surface area contributed by atoms with Gasteiger partial charge in [-0.15, -0.1) is 0 Å². The van der Waals surface area contributed by atoms with E-state index >= 15 is 0 Å². The number of piperazine rings is 1. The monoisotopic (exact) mass is 399 g/mol. The van der Waals surface area contributed by atoms with Crippen molar-refractivity contribution < 1.29 is 13.9 Å². The Morgan fingerprint density at radius 3 is 2.90 bits per heavy atom. The number of rotatable bonds is 3. The summed E-state index contributed by atoms with van der Waals surface area (Å²) in [5, 5.41) is 0. The van der Waals surface area contributed by atoms with Gasteiger partial charge in [-0.05, 0) is 12.1 Å². The number of likely N-dealkylation sites (tertiary alicyclic amines) is 1. The number of halogens is 1. The first-order valence-corrected chi connectivity index (χ1v) is 10.1. The largest absolute Gasteiger partial charge is 0.378 e. The lowest BCUT2D eigenvalue weighted by atomic mass is 9.82. The third-order valence-electron chi connectivity index (χ3n) is 6.48.